The summed E-state index contributed by atoms with van der Waals surface area (Å²) in [5, 5.41) is 6.37. The average Bonchev–Trinajstić information content (AvgIpc) is 2.53. The van der Waals surface area contributed by atoms with Gasteiger partial charge in [0.25, 0.3) is 5.91 Å². The highest BCUT2D eigenvalue weighted by Gasteiger charge is 2.09. The molecule has 2 aromatic rings. The van der Waals surface area contributed by atoms with Gasteiger partial charge in [-0.1, -0.05) is 23.7 Å². The van der Waals surface area contributed by atoms with Gasteiger partial charge < -0.3 is 15.4 Å². The predicted molar refractivity (Wildman–Crippen MR) is 88.6 cm³/mol. The Morgan fingerprint density at radius 2 is 2.09 bits per heavy atom. The Morgan fingerprint density at radius 1 is 1.27 bits per heavy atom. The van der Waals surface area contributed by atoms with Gasteiger partial charge in [-0.25, -0.2) is 4.98 Å². The van der Waals surface area contributed by atoms with E-state index in [-0.39, 0.29) is 5.91 Å². The molecule has 0 saturated heterocycles. The van der Waals surface area contributed by atoms with Crippen molar-refractivity contribution in [2.45, 2.75) is 6.42 Å². The summed E-state index contributed by atoms with van der Waals surface area (Å²) in [6.07, 6.45) is 2.51. The molecule has 2 rings (SSSR count). The highest BCUT2D eigenvalue weighted by atomic mass is 35.5. The maximum absolute atomic E-state index is 12.1. The monoisotopic (exact) mass is 319 g/mol. The van der Waals surface area contributed by atoms with Gasteiger partial charge in [0, 0.05) is 20.3 Å². The van der Waals surface area contributed by atoms with Crippen molar-refractivity contribution < 1.29 is 9.53 Å². The number of ether oxygens (including phenoxy) is 1. The first kappa shape index (κ1) is 16.3. The largest absolute Gasteiger partial charge is 0.385 e. The minimum Gasteiger partial charge on any atom is -0.385 e. The van der Waals surface area contributed by atoms with Gasteiger partial charge in [-0.3, -0.25) is 4.79 Å². The van der Waals surface area contributed by atoms with Crippen molar-refractivity contribution in [1.82, 2.24) is 4.98 Å². The second kappa shape index (κ2) is 8.36. The molecule has 5 nitrogen and oxygen atoms in total. The molecular formula is C16H18ClN3O2. The normalized spacial score (nSPS) is 10.3. The smallest absolute Gasteiger partial charge is 0.257 e. The van der Waals surface area contributed by atoms with Crippen LogP contribution in [0.1, 0.15) is 16.8 Å². The summed E-state index contributed by atoms with van der Waals surface area (Å²) in [4.78, 5) is 16.4. The molecule has 0 aliphatic carbocycles. The fourth-order valence-electron chi connectivity index (χ4n) is 1.85. The van der Waals surface area contributed by atoms with Gasteiger partial charge in [-0.05, 0) is 30.7 Å². The maximum Gasteiger partial charge on any atom is 0.257 e. The molecule has 0 aliphatic rings. The maximum atomic E-state index is 12.1. The van der Waals surface area contributed by atoms with Crippen molar-refractivity contribution in [1.29, 1.82) is 0 Å². The summed E-state index contributed by atoms with van der Waals surface area (Å²) in [6, 6.07) is 10.5. The van der Waals surface area contributed by atoms with E-state index in [0.717, 1.165) is 18.8 Å². The van der Waals surface area contributed by atoms with Crippen molar-refractivity contribution in [3.05, 3.63) is 53.2 Å². The number of rotatable bonds is 7. The van der Waals surface area contributed by atoms with Gasteiger partial charge >= 0.3 is 0 Å². The lowest BCUT2D eigenvalue weighted by atomic mass is 10.2. The number of methoxy groups -OCH3 is 1. The molecule has 1 aromatic heterocycles. The lowest BCUT2D eigenvalue weighted by molar-refractivity contribution is 0.102. The zero-order valence-electron chi connectivity index (χ0n) is 12.3. The van der Waals surface area contributed by atoms with Crippen LogP contribution in [0.5, 0.6) is 0 Å². The number of aromatic nitrogens is 1. The molecule has 6 heteroatoms. The van der Waals surface area contributed by atoms with E-state index in [1.165, 1.54) is 0 Å². The molecule has 116 valence electrons. The summed E-state index contributed by atoms with van der Waals surface area (Å²) in [6.45, 7) is 1.49. The zero-order chi connectivity index (χ0) is 15.8. The van der Waals surface area contributed by atoms with E-state index >= 15 is 0 Å². The van der Waals surface area contributed by atoms with E-state index in [1.807, 2.05) is 6.07 Å². The molecule has 0 fully saturated rings. The first-order valence-corrected chi connectivity index (χ1v) is 7.33. The fraction of sp³-hybridized carbons (Fsp3) is 0.250. The SMILES string of the molecule is COCCCNc1ccc(NC(=O)c2ccccc2Cl)cn1. The highest BCUT2D eigenvalue weighted by molar-refractivity contribution is 6.34. The average molecular weight is 320 g/mol. The molecule has 2 N–H and O–H groups in total. The number of pyridine rings is 1. The minimum atomic E-state index is -0.256. The Kier molecular flexibility index (Phi) is 6.18. The van der Waals surface area contributed by atoms with Crippen LogP contribution in [0.15, 0.2) is 42.6 Å². The van der Waals surface area contributed by atoms with Crippen LogP contribution in [0.3, 0.4) is 0 Å². The van der Waals surface area contributed by atoms with E-state index in [0.29, 0.717) is 22.9 Å². The number of hydrogen-bond acceptors (Lipinski definition) is 4. The summed E-state index contributed by atoms with van der Waals surface area (Å²) >= 11 is 6.00. The van der Waals surface area contributed by atoms with Crippen LogP contribution < -0.4 is 10.6 Å². The number of carbonyl (C=O) groups excluding carboxylic acids is 1. The van der Waals surface area contributed by atoms with Crippen LogP contribution in [0.2, 0.25) is 5.02 Å². The Labute approximate surface area is 134 Å². The first-order valence-electron chi connectivity index (χ1n) is 6.95. The van der Waals surface area contributed by atoms with Gasteiger partial charge in [-0.15, -0.1) is 0 Å². The number of carbonyl (C=O) groups is 1. The third-order valence-corrected chi connectivity index (χ3v) is 3.30. The van der Waals surface area contributed by atoms with Crippen LogP contribution in [-0.2, 0) is 4.74 Å². The molecule has 0 radical (unpaired) electrons. The lowest BCUT2D eigenvalue weighted by Gasteiger charge is -2.08. The van der Waals surface area contributed by atoms with E-state index in [9.17, 15) is 4.79 Å². The fourth-order valence-corrected chi connectivity index (χ4v) is 2.07. The van der Waals surface area contributed by atoms with Crippen LogP contribution in [0, 0.1) is 0 Å². The van der Waals surface area contributed by atoms with E-state index in [2.05, 4.69) is 15.6 Å². The summed E-state index contributed by atoms with van der Waals surface area (Å²) < 4.78 is 4.98. The number of nitrogens with zero attached hydrogens (tertiary/aromatic N) is 1. The molecule has 1 aromatic carbocycles. The van der Waals surface area contributed by atoms with Crippen molar-refractivity contribution in [3.8, 4) is 0 Å². The molecule has 0 aliphatic heterocycles. The van der Waals surface area contributed by atoms with Crippen molar-refractivity contribution in [2.75, 3.05) is 30.9 Å². The zero-order valence-corrected chi connectivity index (χ0v) is 13.1. The van der Waals surface area contributed by atoms with E-state index in [4.69, 9.17) is 16.3 Å². The van der Waals surface area contributed by atoms with Gasteiger partial charge in [0.05, 0.1) is 22.5 Å². The molecule has 0 unspecified atom stereocenters. The number of nitrogens with one attached hydrogen (secondary N) is 2. The van der Waals surface area contributed by atoms with Gasteiger partial charge in [-0.2, -0.15) is 0 Å². The van der Waals surface area contributed by atoms with Gasteiger partial charge in [0.1, 0.15) is 5.82 Å². The number of anilines is 2. The van der Waals surface area contributed by atoms with Crippen LogP contribution in [-0.4, -0.2) is 31.2 Å². The number of amides is 1. The Bertz CT molecular complexity index is 617. The number of halogens is 1. The van der Waals surface area contributed by atoms with Crippen LogP contribution in [0.4, 0.5) is 11.5 Å². The van der Waals surface area contributed by atoms with E-state index < -0.39 is 0 Å². The molecule has 0 atom stereocenters. The van der Waals surface area contributed by atoms with Crippen LogP contribution >= 0.6 is 11.6 Å². The predicted octanol–water partition coefficient (Wildman–Crippen LogP) is 3.44. The molecule has 22 heavy (non-hydrogen) atoms. The van der Waals surface area contributed by atoms with Crippen LogP contribution in [0.25, 0.3) is 0 Å². The topological polar surface area (TPSA) is 63.2 Å². The summed E-state index contributed by atoms with van der Waals surface area (Å²) in [7, 11) is 1.68. The Hall–Kier alpha value is -2.11. The summed E-state index contributed by atoms with van der Waals surface area (Å²) in [5.41, 5.74) is 1.05. The number of hydrogen-bond donors (Lipinski definition) is 2. The third-order valence-electron chi connectivity index (χ3n) is 2.97. The minimum absolute atomic E-state index is 0.256. The quantitative estimate of drug-likeness (QED) is 0.767. The molecule has 1 amide bonds. The molecule has 0 bridgehead atoms. The van der Waals surface area contributed by atoms with Gasteiger partial charge in [0.2, 0.25) is 0 Å². The Morgan fingerprint density at radius 3 is 2.77 bits per heavy atom. The lowest BCUT2D eigenvalue weighted by Crippen LogP contribution is -2.13. The molecular weight excluding hydrogens is 302 g/mol. The number of benzene rings is 1. The standard InChI is InChI=1S/C16H18ClN3O2/c1-22-10-4-9-18-15-8-7-12(11-19-15)20-16(21)13-5-2-3-6-14(13)17/h2-3,5-8,11H,4,9-10H2,1H3,(H,18,19)(H,20,21). The van der Waals surface area contributed by atoms with Gasteiger partial charge in [0.15, 0.2) is 0 Å². The Balaban J connectivity index is 1.91. The molecule has 0 saturated carbocycles. The van der Waals surface area contributed by atoms with Crippen molar-refractivity contribution in [2.24, 2.45) is 0 Å². The van der Waals surface area contributed by atoms with Crippen molar-refractivity contribution >= 4 is 29.0 Å². The van der Waals surface area contributed by atoms with Crippen molar-refractivity contribution in [3.63, 3.8) is 0 Å². The third kappa shape index (κ3) is 4.72. The first-order chi connectivity index (χ1) is 10.7. The summed E-state index contributed by atoms with van der Waals surface area (Å²) in [5.74, 6) is 0.500. The highest BCUT2D eigenvalue weighted by Crippen LogP contribution is 2.17. The second-order valence-electron chi connectivity index (χ2n) is 4.64. The van der Waals surface area contributed by atoms with E-state index in [1.54, 1.807) is 43.6 Å². The second-order valence-corrected chi connectivity index (χ2v) is 5.05. The molecule has 0 spiro atoms. The molecule has 1 heterocycles.